The summed E-state index contributed by atoms with van der Waals surface area (Å²) in [6.07, 6.45) is 1.11. The molecule has 4 heteroatoms. The molecule has 4 nitrogen and oxygen atoms in total. The largest absolute Gasteiger partial charge is 0.428 e. The number of ether oxygens (including phenoxy) is 1. The van der Waals surface area contributed by atoms with E-state index in [0.717, 1.165) is 12.8 Å². The monoisotopic (exact) mass is 130 g/mol. The Balaban J connectivity index is 2.25. The summed E-state index contributed by atoms with van der Waals surface area (Å²) >= 11 is 0. The van der Waals surface area contributed by atoms with Gasteiger partial charge in [-0.1, -0.05) is 0 Å². The zero-order valence-electron chi connectivity index (χ0n) is 5.31. The van der Waals surface area contributed by atoms with E-state index in [4.69, 9.17) is 10.5 Å². The molecule has 0 aromatic rings. The Morgan fingerprint density at radius 1 is 1.78 bits per heavy atom. The molecule has 0 aromatic heterocycles. The summed E-state index contributed by atoms with van der Waals surface area (Å²) in [4.78, 5) is 10.5. The van der Waals surface area contributed by atoms with Crippen LogP contribution in [0.1, 0.15) is 12.8 Å². The molecule has 0 heterocycles. The molecule has 0 bridgehead atoms. The van der Waals surface area contributed by atoms with Crippen molar-refractivity contribution < 1.29 is 9.53 Å². The fraction of sp³-hybridized carbons (Fsp3) is 0.800. The fourth-order valence-corrected chi connectivity index (χ4v) is 0.461. The maximum atomic E-state index is 10.5. The molecule has 0 unspecified atom stereocenters. The van der Waals surface area contributed by atoms with E-state index >= 15 is 0 Å². The van der Waals surface area contributed by atoms with Crippen molar-refractivity contribution in [3.8, 4) is 0 Å². The molecule has 1 aliphatic rings. The molecule has 1 rings (SSSR count). The maximum Gasteiger partial charge on any atom is 0.408 e. The lowest BCUT2D eigenvalue weighted by Gasteiger charge is -2.08. The van der Waals surface area contributed by atoms with Crippen LogP contribution in [0.25, 0.3) is 0 Å². The van der Waals surface area contributed by atoms with Crippen LogP contribution in [-0.4, -0.2) is 18.9 Å². The number of amides is 1. The van der Waals surface area contributed by atoms with Gasteiger partial charge in [0.1, 0.15) is 0 Å². The second kappa shape index (κ2) is 1.88. The third-order valence-corrected chi connectivity index (χ3v) is 1.24. The highest BCUT2D eigenvalue weighted by Gasteiger charge is 2.42. The van der Waals surface area contributed by atoms with E-state index in [-0.39, 0.29) is 0 Å². The molecule has 0 atom stereocenters. The van der Waals surface area contributed by atoms with Gasteiger partial charge in [-0.05, 0) is 0 Å². The van der Waals surface area contributed by atoms with Crippen molar-refractivity contribution in [2.75, 3.05) is 7.05 Å². The van der Waals surface area contributed by atoms with Crippen molar-refractivity contribution in [3.63, 3.8) is 0 Å². The first-order valence-corrected chi connectivity index (χ1v) is 2.86. The van der Waals surface area contributed by atoms with Crippen molar-refractivity contribution in [1.82, 2.24) is 5.32 Å². The predicted octanol–water partition coefficient (Wildman–Crippen LogP) is -0.209. The molecular formula is C5H10N2O2. The predicted molar refractivity (Wildman–Crippen MR) is 31.7 cm³/mol. The van der Waals surface area contributed by atoms with Crippen molar-refractivity contribution in [2.24, 2.45) is 5.73 Å². The minimum atomic E-state index is -0.639. The maximum absolute atomic E-state index is 10.5. The number of hydrogen-bond acceptors (Lipinski definition) is 3. The second-order valence-electron chi connectivity index (χ2n) is 2.20. The Hall–Kier alpha value is -0.770. The number of rotatable bonds is 1. The molecule has 1 amide bonds. The minimum absolute atomic E-state index is 0.449. The second-order valence-corrected chi connectivity index (χ2v) is 2.20. The van der Waals surface area contributed by atoms with Crippen LogP contribution in [0.4, 0.5) is 4.79 Å². The van der Waals surface area contributed by atoms with E-state index < -0.39 is 11.8 Å². The van der Waals surface area contributed by atoms with Gasteiger partial charge in [-0.15, -0.1) is 0 Å². The molecule has 0 aliphatic heterocycles. The van der Waals surface area contributed by atoms with Gasteiger partial charge < -0.3 is 10.1 Å². The fourth-order valence-electron chi connectivity index (χ4n) is 0.461. The molecule has 0 saturated heterocycles. The van der Waals surface area contributed by atoms with E-state index in [1.807, 2.05) is 0 Å². The molecule has 52 valence electrons. The highest BCUT2D eigenvalue weighted by molar-refractivity contribution is 5.67. The lowest BCUT2D eigenvalue weighted by atomic mass is 10.6. The third-order valence-electron chi connectivity index (χ3n) is 1.24. The lowest BCUT2D eigenvalue weighted by molar-refractivity contribution is 0.0883. The normalized spacial score (nSPS) is 20.7. The van der Waals surface area contributed by atoms with Crippen LogP contribution in [0.2, 0.25) is 0 Å². The van der Waals surface area contributed by atoms with E-state index in [9.17, 15) is 4.79 Å². The Kier molecular flexibility index (Phi) is 1.32. The van der Waals surface area contributed by atoms with Crippen LogP contribution >= 0.6 is 0 Å². The summed E-state index contributed by atoms with van der Waals surface area (Å²) in [5, 5.41) is 2.32. The van der Waals surface area contributed by atoms with Gasteiger partial charge in [0, 0.05) is 19.9 Å². The van der Waals surface area contributed by atoms with E-state index in [2.05, 4.69) is 5.32 Å². The van der Waals surface area contributed by atoms with E-state index in [1.54, 1.807) is 0 Å². The summed E-state index contributed by atoms with van der Waals surface area (Å²) in [5.41, 5.74) is 4.80. The number of nitrogens with one attached hydrogen (secondary N) is 1. The molecule has 1 aliphatic carbocycles. The molecule has 1 fully saturated rings. The van der Waals surface area contributed by atoms with Crippen LogP contribution in [0.15, 0.2) is 0 Å². The SMILES string of the molecule is CNC(=O)OC1(N)CC1. The van der Waals surface area contributed by atoms with Gasteiger partial charge in [-0.25, -0.2) is 4.79 Å². The van der Waals surface area contributed by atoms with Crippen LogP contribution in [0.5, 0.6) is 0 Å². The topological polar surface area (TPSA) is 64.3 Å². The van der Waals surface area contributed by atoms with E-state index in [1.165, 1.54) is 7.05 Å². The summed E-state index contributed by atoms with van der Waals surface area (Å²) in [6, 6.07) is 0. The third kappa shape index (κ3) is 1.57. The Morgan fingerprint density at radius 3 is 2.67 bits per heavy atom. The number of carbonyl (C=O) groups is 1. The van der Waals surface area contributed by atoms with E-state index in [0.29, 0.717) is 0 Å². The quantitative estimate of drug-likeness (QED) is 0.483. The first-order chi connectivity index (χ1) is 4.16. The average molecular weight is 130 g/mol. The van der Waals surface area contributed by atoms with Crippen LogP contribution in [0, 0.1) is 0 Å². The van der Waals surface area contributed by atoms with Gasteiger partial charge >= 0.3 is 6.09 Å². The molecule has 3 N–H and O–H groups in total. The Bertz CT molecular complexity index is 131. The molecule has 1 saturated carbocycles. The van der Waals surface area contributed by atoms with Gasteiger partial charge in [-0.3, -0.25) is 5.73 Å². The van der Waals surface area contributed by atoms with Crippen LogP contribution < -0.4 is 11.1 Å². The summed E-state index contributed by atoms with van der Waals surface area (Å²) in [6.45, 7) is 0. The Morgan fingerprint density at radius 2 is 2.33 bits per heavy atom. The van der Waals surface area contributed by atoms with Gasteiger partial charge in [0.2, 0.25) is 0 Å². The van der Waals surface area contributed by atoms with Crippen LogP contribution in [0.3, 0.4) is 0 Å². The van der Waals surface area contributed by atoms with Crippen molar-refractivity contribution in [1.29, 1.82) is 0 Å². The standard InChI is InChI=1S/C5H10N2O2/c1-7-4(8)9-5(6)2-3-5/h2-3,6H2,1H3,(H,7,8). The zero-order valence-corrected chi connectivity index (χ0v) is 5.31. The Labute approximate surface area is 53.4 Å². The van der Waals surface area contributed by atoms with Crippen LogP contribution in [-0.2, 0) is 4.74 Å². The van der Waals surface area contributed by atoms with Gasteiger partial charge in [0.25, 0.3) is 0 Å². The number of carbonyl (C=O) groups excluding carboxylic acids is 1. The lowest BCUT2D eigenvalue weighted by Crippen LogP contribution is -2.33. The first-order valence-electron chi connectivity index (χ1n) is 2.86. The molecule has 0 spiro atoms. The summed E-state index contributed by atoms with van der Waals surface area (Å²) in [5.74, 6) is 0. The van der Waals surface area contributed by atoms with Gasteiger partial charge in [0.05, 0.1) is 0 Å². The zero-order chi connectivity index (χ0) is 6.91. The summed E-state index contributed by atoms with van der Waals surface area (Å²) in [7, 11) is 1.51. The highest BCUT2D eigenvalue weighted by Crippen LogP contribution is 2.33. The molecular weight excluding hydrogens is 120 g/mol. The molecule has 0 aromatic carbocycles. The van der Waals surface area contributed by atoms with Gasteiger partial charge in [-0.2, -0.15) is 0 Å². The average Bonchev–Trinajstić information content (AvgIpc) is 2.48. The highest BCUT2D eigenvalue weighted by atomic mass is 16.6. The van der Waals surface area contributed by atoms with Crippen molar-refractivity contribution in [2.45, 2.75) is 18.6 Å². The number of nitrogens with two attached hydrogens (primary N) is 1. The first kappa shape index (κ1) is 6.35. The minimum Gasteiger partial charge on any atom is -0.428 e. The summed E-state index contributed by atoms with van der Waals surface area (Å²) < 4.78 is 4.73. The number of hydrogen-bond donors (Lipinski definition) is 2. The number of alkyl carbamates (subject to hydrolysis) is 1. The van der Waals surface area contributed by atoms with Crippen molar-refractivity contribution >= 4 is 6.09 Å². The molecule has 9 heavy (non-hydrogen) atoms. The smallest absolute Gasteiger partial charge is 0.408 e. The van der Waals surface area contributed by atoms with Gasteiger partial charge in [0.15, 0.2) is 5.72 Å². The van der Waals surface area contributed by atoms with Crippen molar-refractivity contribution in [3.05, 3.63) is 0 Å². The molecule has 0 radical (unpaired) electrons.